The Morgan fingerprint density at radius 2 is 2.19 bits per heavy atom. The summed E-state index contributed by atoms with van der Waals surface area (Å²) in [6, 6.07) is 7.68. The number of methoxy groups -OCH3 is 1. The van der Waals surface area contributed by atoms with E-state index < -0.39 is 0 Å². The Morgan fingerprint density at radius 1 is 1.38 bits per heavy atom. The Labute approximate surface area is 127 Å². The van der Waals surface area contributed by atoms with Crippen molar-refractivity contribution in [2.45, 2.75) is 38.8 Å². The van der Waals surface area contributed by atoms with Crippen molar-refractivity contribution >= 4 is 5.97 Å². The molecule has 0 amide bonds. The van der Waals surface area contributed by atoms with E-state index in [9.17, 15) is 4.79 Å². The largest absolute Gasteiger partial charge is 0.465 e. The van der Waals surface area contributed by atoms with Crippen molar-refractivity contribution in [2.24, 2.45) is 0 Å². The van der Waals surface area contributed by atoms with E-state index in [0.29, 0.717) is 11.7 Å². The molecular weight excluding hydrogens is 266 g/mol. The standard InChI is InChI=1S/C17H25NO3/c1-3-11-21-15-8-6-10-18(13-15)12-14-7-4-5-9-16(14)17(19)20-2/h4-5,7,9,15H,3,6,8,10-13H2,1-2H3. The molecule has 0 aliphatic carbocycles. The van der Waals surface area contributed by atoms with Gasteiger partial charge in [-0.3, -0.25) is 4.90 Å². The number of hydrogen-bond donors (Lipinski definition) is 0. The van der Waals surface area contributed by atoms with Crippen molar-refractivity contribution in [3.63, 3.8) is 0 Å². The lowest BCUT2D eigenvalue weighted by molar-refractivity contribution is -0.00231. The average Bonchev–Trinajstić information content (AvgIpc) is 2.53. The second-order valence-corrected chi connectivity index (χ2v) is 5.52. The molecule has 0 N–H and O–H groups in total. The Bertz CT molecular complexity index is 461. The third kappa shape index (κ3) is 4.55. The molecule has 1 fully saturated rings. The van der Waals surface area contributed by atoms with Gasteiger partial charge in [-0.25, -0.2) is 4.79 Å². The number of carbonyl (C=O) groups excluding carboxylic acids is 1. The van der Waals surface area contributed by atoms with Gasteiger partial charge >= 0.3 is 5.97 Å². The zero-order valence-electron chi connectivity index (χ0n) is 13.0. The maximum atomic E-state index is 11.8. The minimum Gasteiger partial charge on any atom is -0.465 e. The topological polar surface area (TPSA) is 38.8 Å². The Kier molecular flexibility index (Phi) is 6.21. The van der Waals surface area contributed by atoms with Crippen LogP contribution in [0.2, 0.25) is 0 Å². The fraction of sp³-hybridized carbons (Fsp3) is 0.588. The van der Waals surface area contributed by atoms with Crippen LogP contribution in [-0.4, -0.2) is 43.8 Å². The number of ether oxygens (including phenoxy) is 2. The molecule has 1 aromatic rings. The number of piperidine rings is 1. The highest BCUT2D eigenvalue weighted by molar-refractivity contribution is 5.90. The lowest BCUT2D eigenvalue weighted by Gasteiger charge is -2.32. The van der Waals surface area contributed by atoms with Crippen LogP contribution in [0, 0.1) is 0 Å². The van der Waals surface area contributed by atoms with Gasteiger partial charge in [0.25, 0.3) is 0 Å². The number of hydrogen-bond acceptors (Lipinski definition) is 4. The average molecular weight is 291 g/mol. The van der Waals surface area contributed by atoms with E-state index in [0.717, 1.165) is 51.1 Å². The first-order valence-corrected chi connectivity index (χ1v) is 7.74. The van der Waals surface area contributed by atoms with E-state index in [4.69, 9.17) is 9.47 Å². The van der Waals surface area contributed by atoms with Crippen molar-refractivity contribution < 1.29 is 14.3 Å². The predicted octanol–water partition coefficient (Wildman–Crippen LogP) is 2.86. The summed E-state index contributed by atoms with van der Waals surface area (Å²) in [6.45, 7) is 5.73. The molecule has 1 saturated heterocycles. The third-order valence-electron chi connectivity index (χ3n) is 3.84. The molecule has 21 heavy (non-hydrogen) atoms. The molecule has 0 radical (unpaired) electrons. The summed E-state index contributed by atoms with van der Waals surface area (Å²) in [5.74, 6) is -0.263. The number of likely N-dealkylation sites (tertiary alicyclic amines) is 1. The highest BCUT2D eigenvalue weighted by Gasteiger charge is 2.21. The third-order valence-corrected chi connectivity index (χ3v) is 3.84. The number of benzene rings is 1. The van der Waals surface area contributed by atoms with Crippen molar-refractivity contribution in [3.05, 3.63) is 35.4 Å². The summed E-state index contributed by atoms with van der Waals surface area (Å²) in [5, 5.41) is 0. The minimum absolute atomic E-state index is 0.263. The smallest absolute Gasteiger partial charge is 0.338 e. The van der Waals surface area contributed by atoms with E-state index in [1.165, 1.54) is 7.11 Å². The van der Waals surface area contributed by atoms with Crippen molar-refractivity contribution in [1.82, 2.24) is 4.90 Å². The number of rotatable bonds is 6. The van der Waals surface area contributed by atoms with Crippen LogP contribution in [0.4, 0.5) is 0 Å². The summed E-state index contributed by atoms with van der Waals surface area (Å²) < 4.78 is 10.7. The quantitative estimate of drug-likeness (QED) is 0.756. The van der Waals surface area contributed by atoms with Gasteiger partial charge in [0.05, 0.1) is 18.8 Å². The van der Waals surface area contributed by atoms with Crippen LogP contribution >= 0.6 is 0 Å². The molecule has 0 spiro atoms. The molecule has 0 bridgehead atoms. The first-order chi connectivity index (χ1) is 10.2. The van der Waals surface area contributed by atoms with E-state index in [1.807, 2.05) is 24.3 Å². The van der Waals surface area contributed by atoms with Gasteiger partial charge in [-0.1, -0.05) is 25.1 Å². The molecule has 0 aromatic heterocycles. The fourth-order valence-corrected chi connectivity index (χ4v) is 2.79. The molecule has 2 rings (SSSR count). The van der Waals surface area contributed by atoms with Crippen LogP contribution in [-0.2, 0) is 16.0 Å². The van der Waals surface area contributed by atoms with Gasteiger partial charge in [-0.05, 0) is 37.4 Å². The van der Waals surface area contributed by atoms with Gasteiger partial charge in [0, 0.05) is 19.7 Å². The number of esters is 1. The SMILES string of the molecule is CCCOC1CCCN(Cc2ccccc2C(=O)OC)C1. The summed E-state index contributed by atoms with van der Waals surface area (Å²) in [7, 11) is 1.43. The Hall–Kier alpha value is -1.39. The van der Waals surface area contributed by atoms with Gasteiger partial charge in [-0.2, -0.15) is 0 Å². The molecule has 1 aromatic carbocycles. The van der Waals surface area contributed by atoms with Crippen molar-refractivity contribution in [1.29, 1.82) is 0 Å². The first kappa shape index (κ1) is 16.0. The van der Waals surface area contributed by atoms with Crippen LogP contribution in [0.15, 0.2) is 24.3 Å². The molecule has 0 saturated carbocycles. The van der Waals surface area contributed by atoms with Gasteiger partial charge < -0.3 is 9.47 Å². The zero-order valence-corrected chi connectivity index (χ0v) is 13.0. The summed E-state index contributed by atoms with van der Waals surface area (Å²) >= 11 is 0. The highest BCUT2D eigenvalue weighted by atomic mass is 16.5. The molecule has 4 nitrogen and oxygen atoms in total. The monoisotopic (exact) mass is 291 g/mol. The van der Waals surface area contributed by atoms with E-state index in [-0.39, 0.29) is 5.97 Å². The van der Waals surface area contributed by atoms with Crippen LogP contribution in [0.25, 0.3) is 0 Å². The van der Waals surface area contributed by atoms with Crippen LogP contribution in [0.5, 0.6) is 0 Å². The van der Waals surface area contributed by atoms with Crippen molar-refractivity contribution in [3.8, 4) is 0 Å². The minimum atomic E-state index is -0.263. The van der Waals surface area contributed by atoms with Gasteiger partial charge in [-0.15, -0.1) is 0 Å². The van der Waals surface area contributed by atoms with Crippen molar-refractivity contribution in [2.75, 3.05) is 26.8 Å². The van der Waals surface area contributed by atoms with E-state index in [1.54, 1.807) is 0 Å². The number of nitrogens with zero attached hydrogens (tertiary/aromatic N) is 1. The van der Waals surface area contributed by atoms with Gasteiger partial charge in [0.1, 0.15) is 0 Å². The molecule has 1 unspecified atom stereocenters. The maximum absolute atomic E-state index is 11.8. The lowest BCUT2D eigenvalue weighted by Crippen LogP contribution is -2.39. The number of carbonyl (C=O) groups is 1. The normalized spacial score (nSPS) is 19.4. The molecular formula is C17H25NO3. The Balaban J connectivity index is 1.99. The van der Waals surface area contributed by atoms with E-state index in [2.05, 4.69) is 11.8 Å². The molecule has 1 atom stereocenters. The molecule has 1 heterocycles. The molecule has 4 heteroatoms. The summed E-state index contributed by atoms with van der Waals surface area (Å²) in [5.41, 5.74) is 1.69. The summed E-state index contributed by atoms with van der Waals surface area (Å²) in [6.07, 6.45) is 3.66. The van der Waals surface area contributed by atoms with Crippen LogP contribution in [0.1, 0.15) is 42.1 Å². The van der Waals surface area contributed by atoms with Gasteiger partial charge in [0.2, 0.25) is 0 Å². The maximum Gasteiger partial charge on any atom is 0.338 e. The molecule has 1 aliphatic rings. The second-order valence-electron chi connectivity index (χ2n) is 5.52. The van der Waals surface area contributed by atoms with Crippen LogP contribution in [0.3, 0.4) is 0 Å². The predicted molar refractivity (Wildman–Crippen MR) is 82.3 cm³/mol. The highest BCUT2D eigenvalue weighted by Crippen LogP contribution is 2.18. The molecule has 116 valence electrons. The van der Waals surface area contributed by atoms with Crippen LogP contribution < -0.4 is 0 Å². The fourth-order valence-electron chi connectivity index (χ4n) is 2.79. The van der Waals surface area contributed by atoms with Gasteiger partial charge in [0.15, 0.2) is 0 Å². The Morgan fingerprint density at radius 3 is 2.95 bits per heavy atom. The lowest BCUT2D eigenvalue weighted by atomic mass is 10.0. The zero-order chi connectivity index (χ0) is 15.1. The molecule has 1 aliphatic heterocycles. The second kappa shape index (κ2) is 8.15. The first-order valence-electron chi connectivity index (χ1n) is 7.74. The van der Waals surface area contributed by atoms with E-state index >= 15 is 0 Å². The summed E-state index contributed by atoms with van der Waals surface area (Å²) in [4.78, 5) is 14.2.